The first-order valence-corrected chi connectivity index (χ1v) is 5.96. The summed E-state index contributed by atoms with van der Waals surface area (Å²) in [5.41, 5.74) is 7.93. The quantitative estimate of drug-likeness (QED) is 0.867. The van der Waals surface area contributed by atoms with Crippen LogP contribution in [0.5, 0.6) is 0 Å². The van der Waals surface area contributed by atoms with Gasteiger partial charge < -0.3 is 11.1 Å². The molecule has 0 radical (unpaired) electrons. The number of carbonyl (C=O) groups excluding carboxylic acids is 1. The fourth-order valence-electron chi connectivity index (χ4n) is 1.74. The molecule has 2 aromatic heterocycles. The second kappa shape index (κ2) is 5.43. The van der Waals surface area contributed by atoms with Crippen molar-refractivity contribution >= 4 is 17.4 Å². The van der Waals surface area contributed by atoms with Crippen molar-refractivity contribution in [3.8, 4) is 0 Å². The lowest BCUT2D eigenvalue weighted by Crippen LogP contribution is -2.16. The molecule has 0 aliphatic heterocycles. The SMILES string of the molecule is CCc1cc(C)cc(Nc2ccnnc2C(N)=O)n1. The van der Waals surface area contributed by atoms with Gasteiger partial charge >= 0.3 is 0 Å². The molecule has 0 saturated carbocycles. The molecule has 1 amide bonds. The van der Waals surface area contributed by atoms with Gasteiger partial charge in [0.15, 0.2) is 5.69 Å². The molecule has 2 aromatic rings. The van der Waals surface area contributed by atoms with E-state index < -0.39 is 5.91 Å². The highest BCUT2D eigenvalue weighted by Crippen LogP contribution is 2.18. The zero-order valence-corrected chi connectivity index (χ0v) is 10.8. The van der Waals surface area contributed by atoms with E-state index in [0.717, 1.165) is 17.7 Å². The van der Waals surface area contributed by atoms with Gasteiger partial charge in [0, 0.05) is 5.69 Å². The van der Waals surface area contributed by atoms with Crippen molar-refractivity contribution in [2.75, 3.05) is 5.32 Å². The van der Waals surface area contributed by atoms with Gasteiger partial charge in [-0.15, -0.1) is 5.10 Å². The van der Waals surface area contributed by atoms with Crippen LogP contribution in [0.25, 0.3) is 0 Å². The molecule has 6 heteroatoms. The number of nitrogens with two attached hydrogens (primary N) is 1. The van der Waals surface area contributed by atoms with Gasteiger partial charge in [0.2, 0.25) is 0 Å². The summed E-state index contributed by atoms with van der Waals surface area (Å²) < 4.78 is 0. The lowest BCUT2D eigenvalue weighted by atomic mass is 10.2. The third-order valence-corrected chi connectivity index (χ3v) is 2.60. The number of nitrogens with zero attached hydrogens (tertiary/aromatic N) is 3. The first kappa shape index (κ1) is 12.9. The predicted molar refractivity (Wildman–Crippen MR) is 72.2 cm³/mol. The number of hydrogen-bond donors (Lipinski definition) is 2. The van der Waals surface area contributed by atoms with Crippen LogP contribution in [-0.4, -0.2) is 21.1 Å². The van der Waals surface area contributed by atoms with E-state index in [0.29, 0.717) is 11.5 Å². The monoisotopic (exact) mass is 257 g/mol. The van der Waals surface area contributed by atoms with Gasteiger partial charge in [-0.3, -0.25) is 4.79 Å². The van der Waals surface area contributed by atoms with Crippen molar-refractivity contribution in [2.24, 2.45) is 5.73 Å². The molecule has 0 spiro atoms. The number of anilines is 2. The summed E-state index contributed by atoms with van der Waals surface area (Å²) in [6.45, 7) is 4.03. The zero-order chi connectivity index (χ0) is 13.8. The van der Waals surface area contributed by atoms with Gasteiger partial charge in [-0.05, 0) is 37.1 Å². The number of aryl methyl sites for hydroxylation is 2. The summed E-state index contributed by atoms with van der Waals surface area (Å²) in [4.78, 5) is 15.7. The maximum Gasteiger partial charge on any atom is 0.271 e. The van der Waals surface area contributed by atoms with E-state index in [9.17, 15) is 4.79 Å². The van der Waals surface area contributed by atoms with Gasteiger partial charge in [-0.2, -0.15) is 5.10 Å². The van der Waals surface area contributed by atoms with Crippen molar-refractivity contribution in [3.05, 3.63) is 41.3 Å². The van der Waals surface area contributed by atoms with Gasteiger partial charge in [0.25, 0.3) is 5.91 Å². The lowest BCUT2D eigenvalue weighted by Gasteiger charge is -2.09. The van der Waals surface area contributed by atoms with Crippen LogP contribution in [0.1, 0.15) is 28.7 Å². The number of nitrogens with one attached hydrogen (secondary N) is 1. The van der Waals surface area contributed by atoms with Crippen LogP contribution >= 0.6 is 0 Å². The Hall–Kier alpha value is -2.50. The van der Waals surface area contributed by atoms with Crippen molar-refractivity contribution in [1.29, 1.82) is 0 Å². The molecule has 0 bridgehead atoms. The molecule has 0 aliphatic carbocycles. The fourth-order valence-corrected chi connectivity index (χ4v) is 1.74. The Labute approximate surface area is 111 Å². The first-order chi connectivity index (χ1) is 9.10. The summed E-state index contributed by atoms with van der Waals surface area (Å²) in [6, 6.07) is 5.55. The number of carbonyl (C=O) groups is 1. The van der Waals surface area contributed by atoms with Crippen LogP contribution in [-0.2, 0) is 6.42 Å². The largest absolute Gasteiger partial charge is 0.364 e. The van der Waals surface area contributed by atoms with Crippen LogP contribution < -0.4 is 11.1 Å². The number of aromatic nitrogens is 3. The lowest BCUT2D eigenvalue weighted by molar-refractivity contribution is 0.0995. The molecule has 0 aliphatic rings. The van der Waals surface area contributed by atoms with Crippen LogP contribution in [0.3, 0.4) is 0 Å². The minimum Gasteiger partial charge on any atom is -0.364 e. The molecule has 6 nitrogen and oxygen atoms in total. The molecule has 98 valence electrons. The Morgan fingerprint density at radius 2 is 2.21 bits per heavy atom. The number of rotatable bonds is 4. The maximum atomic E-state index is 11.3. The number of primary amides is 1. The van der Waals surface area contributed by atoms with E-state index in [-0.39, 0.29) is 5.69 Å². The molecule has 2 rings (SSSR count). The topological polar surface area (TPSA) is 93.8 Å². The van der Waals surface area contributed by atoms with Crippen LogP contribution in [0.4, 0.5) is 11.5 Å². The maximum absolute atomic E-state index is 11.3. The summed E-state index contributed by atoms with van der Waals surface area (Å²) in [5, 5.41) is 10.4. The molecule has 3 N–H and O–H groups in total. The van der Waals surface area contributed by atoms with Crippen LogP contribution in [0, 0.1) is 6.92 Å². The second-order valence-electron chi connectivity index (χ2n) is 4.16. The normalized spacial score (nSPS) is 10.2. The Morgan fingerprint density at radius 1 is 1.42 bits per heavy atom. The van der Waals surface area contributed by atoms with Crippen LogP contribution in [0.2, 0.25) is 0 Å². The van der Waals surface area contributed by atoms with E-state index in [1.807, 2.05) is 26.0 Å². The Kier molecular flexibility index (Phi) is 3.70. The minimum atomic E-state index is -0.626. The summed E-state index contributed by atoms with van der Waals surface area (Å²) in [6.07, 6.45) is 2.33. The average Bonchev–Trinajstić information content (AvgIpc) is 2.38. The Balaban J connectivity index is 2.36. The highest BCUT2D eigenvalue weighted by Gasteiger charge is 2.11. The van der Waals surface area contributed by atoms with E-state index in [1.54, 1.807) is 6.07 Å². The van der Waals surface area contributed by atoms with Crippen molar-refractivity contribution in [1.82, 2.24) is 15.2 Å². The van der Waals surface area contributed by atoms with E-state index >= 15 is 0 Å². The van der Waals surface area contributed by atoms with Crippen molar-refractivity contribution in [3.63, 3.8) is 0 Å². The highest BCUT2D eigenvalue weighted by atomic mass is 16.1. The predicted octanol–water partition coefficient (Wildman–Crippen LogP) is 1.58. The van der Waals surface area contributed by atoms with Crippen LogP contribution in [0.15, 0.2) is 24.4 Å². The summed E-state index contributed by atoms with van der Waals surface area (Å²) in [5.74, 6) is 0.0336. The minimum absolute atomic E-state index is 0.101. The Bertz CT molecular complexity index is 612. The number of hydrogen-bond acceptors (Lipinski definition) is 5. The smallest absolute Gasteiger partial charge is 0.271 e. The van der Waals surface area contributed by atoms with E-state index in [1.165, 1.54) is 6.20 Å². The molecule has 0 atom stereocenters. The van der Waals surface area contributed by atoms with Crippen molar-refractivity contribution in [2.45, 2.75) is 20.3 Å². The molecule has 0 fully saturated rings. The molecule has 0 aromatic carbocycles. The molecule has 19 heavy (non-hydrogen) atoms. The third kappa shape index (κ3) is 3.04. The molecule has 0 unspecified atom stereocenters. The van der Waals surface area contributed by atoms with Gasteiger partial charge in [0.1, 0.15) is 5.82 Å². The van der Waals surface area contributed by atoms with E-state index in [2.05, 4.69) is 20.5 Å². The van der Waals surface area contributed by atoms with Crippen molar-refractivity contribution < 1.29 is 4.79 Å². The fraction of sp³-hybridized carbons (Fsp3) is 0.231. The van der Waals surface area contributed by atoms with E-state index in [4.69, 9.17) is 5.73 Å². The number of amides is 1. The van der Waals surface area contributed by atoms with Gasteiger partial charge in [0.05, 0.1) is 11.9 Å². The average molecular weight is 257 g/mol. The highest BCUT2D eigenvalue weighted by molar-refractivity contribution is 5.96. The third-order valence-electron chi connectivity index (χ3n) is 2.60. The summed E-state index contributed by atoms with van der Waals surface area (Å²) >= 11 is 0. The first-order valence-electron chi connectivity index (χ1n) is 5.96. The molecular formula is C13H15N5O. The number of pyridine rings is 1. The molecule has 0 saturated heterocycles. The summed E-state index contributed by atoms with van der Waals surface area (Å²) in [7, 11) is 0. The molecular weight excluding hydrogens is 242 g/mol. The molecule has 2 heterocycles. The Morgan fingerprint density at radius 3 is 2.89 bits per heavy atom. The second-order valence-corrected chi connectivity index (χ2v) is 4.16. The standard InChI is InChI=1S/C13H15N5O/c1-3-9-6-8(2)7-11(16-9)17-10-4-5-15-18-12(10)13(14)19/h4-7H,3H2,1-2H3,(H2,14,19)(H,15,16,17). The van der Waals surface area contributed by atoms with Gasteiger partial charge in [-0.25, -0.2) is 4.98 Å². The zero-order valence-electron chi connectivity index (χ0n) is 10.8. The van der Waals surface area contributed by atoms with Gasteiger partial charge in [-0.1, -0.05) is 6.92 Å².